The summed E-state index contributed by atoms with van der Waals surface area (Å²) in [7, 11) is 1.61. The summed E-state index contributed by atoms with van der Waals surface area (Å²) >= 11 is 0. The molecule has 2 amide bonds. The van der Waals surface area contributed by atoms with Crippen molar-refractivity contribution in [3.63, 3.8) is 0 Å². The average Bonchev–Trinajstić information content (AvgIpc) is 3.06. The molecule has 1 saturated heterocycles. The van der Waals surface area contributed by atoms with Crippen molar-refractivity contribution in [3.05, 3.63) is 60.2 Å². The molecule has 0 aliphatic carbocycles. The van der Waals surface area contributed by atoms with Crippen LogP contribution in [0.4, 0.5) is 4.79 Å². The lowest BCUT2D eigenvalue weighted by molar-refractivity contribution is -0.129. The molecule has 1 atom stereocenters. The van der Waals surface area contributed by atoms with Crippen LogP contribution in [0, 0.1) is 0 Å². The van der Waals surface area contributed by atoms with Crippen LogP contribution in [0.1, 0.15) is 18.4 Å². The Hall–Kier alpha value is -3.02. The fourth-order valence-electron chi connectivity index (χ4n) is 3.01. The van der Waals surface area contributed by atoms with Gasteiger partial charge in [0.1, 0.15) is 18.1 Å². The topological polar surface area (TPSA) is 65.1 Å². The lowest BCUT2D eigenvalue weighted by atomic mass is 10.1. The number of nitrogens with zero attached hydrogens (tertiary/aromatic N) is 1. The number of imide groups is 1. The fraction of sp³-hybridized carbons (Fsp3) is 0.333. The Kier molecular flexibility index (Phi) is 6.30. The molecule has 0 N–H and O–H groups in total. The molecule has 2 aromatic rings. The summed E-state index contributed by atoms with van der Waals surface area (Å²) in [6.45, 7) is 0.631. The third kappa shape index (κ3) is 5.00. The number of carbonyl (C=O) groups is 2. The van der Waals surface area contributed by atoms with Gasteiger partial charge in [-0.1, -0.05) is 30.3 Å². The highest BCUT2D eigenvalue weighted by molar-refractivity contribution is 5.93. The number of benzene rings is 2. The van der Waals surface area contributed by atoms with Crippen LogP contribution < -0.4 is 9.47 Å². The lowest BCUT2D eigenvalue weighted by Gasteiger charge is -2.19. The zero-order chi connectivity index (χ0) is 19.1. The largest absolute Gasteiger partial charge is 0.497 e. The molecule has 0 spiro atoms. The minimum atomic E-state index is -0.558. The molecule has 1 fully saturated rings. The molecular formula is C21H23NO5. The van der Waals surface area contributed by atoms with E-state index in [4.69, 9.17) is 14.2 Å². The van der Waals surface area contributed by atoms with Crippen molar-refractivity contribution in [1.29, 1.82) is 0 Å². The molecule has 3 rings (SSSR count). The summed E-state index contributed by atoms with van der Waals surface area (Å²) < 4.78 is 15.8. The van der Waals surface area contributed by atoms with E-state index >= 15 is 0 Å². The molecule has 6 heteroatoms. The van der Waals surface area contributed by atoms with Gasteiger partial charge in [-0.3, -0.25) is 4.79 Å². The maximum absolute atomic E-state index is 12.5. The second kappa shape index (κ2) is 9.07. The van der Waals surface area contributed by atoms with E-state index in [0.29, 0.717) is 25.2 Å². The molecule has 1 aliphatic rings. The minimum absolute atomic E-state index is 0.225. The van der Waals surface area contributed by atoms with Crippen molar-refractivity contribution < 1.29 is 23.8 Å². The first-order valence-corrected chi connectivity index (χ1v) is 8.97. The third-order valence-electron chi connectivity index (χ3n) is 4.41. The first-order valence-electron chi connectivity index (χ1n) is 8.97. The van der Waals surface area contributed by atoms with Crippen molar-refractivity contribution in [3.8, 4) is 11.5 Å². The van der Waals surface area contributed by atoms with Gasteiger partial charge in [0.05, 0.1) is 19.8 Å². The minimum Gasteiger partial charge on any atom is -0.497 e. The summed E-state index contributed by atoms with van der Waals surface area (Å²) in [6, 6.07) is 16.8. The third-order valence-corrected chi connectivity index (χ3v) is 4.41. The second-order valence-corrected chi connectivity index (χ2v) is 6.31. The molecule has 27 heavy (non-hydrogen) atoms. The molecule has 142 valence electrons. The Labute approximate surface area is 158 Å². The maximum Gasteiger partial charge on any atom is 0.416 e. The zero-order valence-electron chi connectivity index (χ0n) is 15.3. The van der Waals surface area contributed by atoms with Crippen molar-refractivity contribution in [2.45, 2.75) is 25.3 Å². The lowest BCUT2D eigenvalue weighted by Crippen LogP contribution is -2.40. The molecule has 1 aliphatic heterocycles. The normalized spacial score (nSPS) is 16.1. The molecule has 1 heterocycles. The van der Waals surface area contributed by atoms with E-state index < -0.39 is 6.09 Å². The van der Waals surface area contributed by atoms with Gasteiger partial charge in [0.25, 0.3) is 0 Å². The molecule has 0 aromatic heterocycles. The first kappa shape index (κ1) is 18.8. The van der Waals surface area contributed by atoms with Crippen LogP contribution in [0.25, 0.3) is 0 Å². The standard InChI is InChI=1S/C21H23NO5/c1-25-18-9-11-19(12-10-18)26-13-5-8-20(23)22-17(15-27-21(22)24)14-16-6-3-2-4-7-16/h2-4,6-7,9-12,17H,5,8,13-15H2,1H3/t17-/m0/s1. The van der Waals surface area contributed by atoms with Gasteiger partial charge < -0.3 is 14.2 Å². The van der Waals surface area contributed by atoms with Crippen LogP contribution in [0.3, 0.4) is 0 Å². The van der Waals surface area contributed by atoms with E-state index in [0.717, 1.165) is 11.3 Å². The summed E-state index contributed by atoms with van der Waals surface area (Å²) in [5.41, 5.74) is 1.07. The second-order valence-electron chi connectivity index (χ2n) is 6.31. The van der Waals surface area contributed by atoms with E-state index in [2.05, 4.69) is 0 Å². The molecular weight excluding hydrogens is 346 g/mol. The molecule has 0 bridgehead atoms. The monoisotopic (exact) mass is 369 g/mol. The van der Waals surface area contributed by atoms with E-state index in [1.165, 1.54) is 4.90 Å². The van der Waals surface area contributed by atoms with E-state index in [9.17, 15) is 9.59 Å². The zero-order valence-corrected chi connectivity index (χ0v) is 15.3. The Bertz CT molecular complexity index is 760. The van der Waals surface area contributed by atoms with Crippen LogP contribution >= 0.6 is 0 Å². The smallest absolute Gasteiger partial charge is 0.416 e. The van der Waals surface area contributed by atoms with Crippen molar-refractivity contribution in [2.75, 3.05) is 20.3 Å². The Morgan fingerprint density at radius 1 is 1.11 bits per heavy atom. The number of hydrogen-bond donors (Lipinski definition) is 0. The van der Waals surface area contributed by atoms with Crippen molar-refractivity contribution in [2.24, 2.45) is 0 Å². The molecule has 0 saturated carbocycles. The highest BCUT2D eigenvalue weighted by Crippen LogP contribution is 2.20. The van der Waals surface area contributed by atoms with Crippen LogP contribution in [-0.4, -0.2) is 43.3 Å². The number of methoxy groups -OCH3 is 1. The van der Waals surface area contributed by atoms with Gasteiger partial charge in [0.2, 0.25) is 5.91 Å². The molecule has 2 aromatic carbocycles. The maximum atomic E-state index is 12.5. The summed E-state index contributed by atoms with van der Waals surface area (Å²) in [4.78, 5) is 25.7. The summed E-state index contributed by atoms with van der Waals surface area (Å²) in [5, 5.41) is 0. The Balaban J connectivity index is 1.47. The number of ether oxygens (including phenoxy) is 3. The average molecular weight is 369 g/mol. The van der Waals surface area contributed by atoms with Crippen LogP contribution in [-0.2, 0) is 16.0 Å². The number of cyclic esters (lactones) is 1. The highest BCUT2D eigenvalue weighted by Gasteiger charge is 2.37. The number of amides is 2. The molecule has 0 radical (unpaired) electrons. The van der Waals surface area contributed by atoms with Crippen LogP contribution in [0.2, 0.25) is 0 Å². The van der Waals surface area contributed by atoms with E-state index in [-0.39, 0.29) is 25.0 Å². The van der Waals surface area contributed by atoms with E-state index in [1.54, 1.807) is 7.11 Å². The van der Waals surface area contributed by atoms with Gasteiger partial charge in [-0.15, -0.1) is 0 Å². The van der Waals surface area contributed by atoms with Gasteiger partial charge >= 0.3 is 6.09 Å². The number of carbonyl (C=O) groups excluding carboxylic acids is 2. The Morgan fingerprint density at radius 2 is 1.81 bits per heavy atom. The predicted molar refractivity (Wildman–Crippen MR) is 99.9 cm³/mol. The van der Waals surface area contributed by atoms with Crippen LogP contribution in [0.15, 0.2) is 54.6 Å². The summed E-state index contributed by atoms with van der Waals surface area (Å²) in [5.74, 6) is 1.25. The van der Waals surface area contributed by atoms with Crippen LogP contribution in [0.5, 0.6) is 11.5 Å². The van der Waals surface area contributed by atoms with Gasteiger partial charge in [0, 0.05) is 6.42 Å². The Morgan fingerprint density at radius 3 is 2.52 bits per heavy atom. The highest BCUT2D eigenvalue weighted by atomic mass is 16.6. The molecule has 0 unspecified atom stereocenters. The van der Waals surface area contributed by atoms with Gasteiger partial charge in [-0.05, 0) is 42.7 Å². The SMILES string of the molecule is COc1ccc(OCCCC(=O)N2C(=O)OC[C@@H]2Cc2ccccc2)cc1. The van der Waals surface area contributed by atoms with Gasteiger partial charge in [0.15, 0.2) is 0 Å². The van der Waals surface area contributed by atoms with Gasteiger partial charge in [-0.25, -0.2) is 9.69 Å². The molecule has 6 nitrogen and oxygen atoms in total. The van der Waals surface area contributed by atoms with Crippen molar-refractivity contribution in [1.82, 2.24) is 4.90 Å². The fourth-order valence-corrected chi connectivity index (χ4v) is 3.01. The van der Waals surface area contributed by atoms with Gasteiger partial charge in [-0.2, -0.15) is 0 Å². The summed E-state index contributed by atoms with van der Waals surface area (Å²) in [6.07, 6.45) is 0.793. The number of hydrogen-bond acceptors (Lipinski definition) is 5. The van der Waals surface area contributed by atoms with E-state index in [1.807, 2.05) is 54.6 Å². The number of rotatable bonds is 8. The predicted octanol–water partition coefficient (Wildman–Crippen LogP) is 3.44. The quantitative estimate of drug-likeness (QED) is 0.667. The van der Waals surface area contributed by atoms with Crippen molar-refractivity contribution >= 4 is 12.0 Å². The first-order chi connectivity index (χ1) is 13.2.